The first-order valence-electron chi connectivity index (χ1n) is 4.94. The van der Waals surface area contributed by atoms with Gasteiger partial charge in [-0.2, -0.15) is 0 Å². The van der Waals surface area contributed by atoms with Crippen molar-refractivity contribution in [2.45, 2.75) is 6.04 Å². The molecule has 16 heavy (non-hydrogen) atoms. The third-order valence-corrected chi connectivity index (χ3v) is 2.49. The predicted octanol–water partition coefficient (Wildman–Crippen LogP) is -1.37. The lowest BCUT2D eigenvalue weighted by atomic mass is 10.2. The second-order valence-corrected chi connectivity index (χ2v) is 3.49. The first-order valence-corrected chi connectivity index (χ1v) is 4.94. The molecule has 2 heterocycles. The number of H-pyrrole nitrogens is 1. The van der Waals surface area contributed by atoms with Crippen LogP contribution >= 0.6 is 0 Å². The smallest absolute Gasteiger partial charge is 0.327 e. The molecule has 1 fully saturated rings. The highest BCUT2D eigenvalue weighted by molar-refractivity contribution is 5.78. The van der Waals surface area contributed by atoms with E-state index in [-0.39, 0.29) is 11.4 Å². The molecule has 1 aromatic rings. The Balaban J connectivity index is 2.34. The van der Waals surface area contributed by atoms with Crippen LogP contribution in [0.15, 0.2) is 17.2 Å². The Morgan fingerprint density at radius 3 is 3.12 bits per heavy atom. The highest BCUT2D eigenvalue weighted by Gasteiger charge is 2.30. The molecule has 0 aromatic carbocycles. The summed E-state index contributed by atoms with van der Waals surface area (Å²) in [5.41, 5.74) is -0.365. The molecule has 3 N–H and O–H groups in total. The standard InChI is InChI=1S/C9H12N4O3/c14-8-7(11-1-2-12-8)13-4-3-10-5-6(13)9(15)16/h1-2,6,10H,3-5H2,(H,12,14)(H,15,16). The minimum Gasteiger partial charge on any atom is -0.480 e. The first-order chi connectivity index (χ1) is 7.70. The van der Waals surface area contributed by atoms with Crippen LogP contribution in [0.3, 0.4) is 0 Å². The maximum Gasteiger partial charge on any atom is 0.327 e. The number of aromatic nitrogens is 2. The summed E-state index contributed by atoms with van der Waals surface area (Å²) in [6.07, 6.45) is 2.86. The number of hydrogen-bond donors (Lipinski definition) is 3. The number of hydrogen-bond acceptors (Lipinski definition) is 5. The molecule has 2 rings (SSSR count). The quantitative estimate of drug-likeness (QED) is 0.573. The molecule has 7 nitrogen and oxygen atoms in total. The Morgan fingerprint density at radius 2 is 2.44 bits per heavy atom. The number of aromatic amines is 1. The lowest BCUT2D eigenvalue weighted by Crippen LogP contribution is -2.56. The van der Waals surface area contributed by atoms with Gasteiger partial charge in [0.25, 0.3) is 5.56 Å². The molecule has 86 valence electrons. The summed E-state index contributed by atoms with van der Waals surface area (Å²) in [4.78, 5) is 30.5. The molecule has 0 saturated carbocycles. The van der Waals surface area contributed by atoms with Crippen molar-refractivity contribution >= 4 is 11.8 Å². The van der Waals surface area contributed by atoms with E-state index in [0.29, 0.717) is 19.6 Å². The summed E-state index contributed by atoms with van der Waals surface area (Å²) in [5.74, 6) is -0.798. The van der Waals surface area contributed by atoms with Crippen LogP contribution in [0.1, 0.15) is 0 Å². The highest BCUT2D eigenvalue weighted by atomic mass is 16.4. The fraction of sp³-hybridized carbons (Fsp3) is 0.444. The monoisotopic (exact) mass is 224 g/mol. The van der Waals surface area contributed by atoms with Gasteiger partial charge in [0.05, 0.1) is 0 Å². The molecule has 0 aliphatic carbocycles. The fourth-order valence-electron chi connectivity index (χ4n) is 1.73. The number of nitrogens with one attached hydrogen (secondary N) is 2. The summed E-state index contributed by atoms with van der Waals surface area (Å²) in [7, 11) is 0. The van der Waals surface area contributed by atoms with Crippen LogP contribution < -0.4 is 15.8 Å². The van der Waals surface area contributed by atoms with Crippen LogP contribution in [0.4, 0.5) is 5.82 Å². The second kappa shape index (κ2) is 4.31. The van der Waals surface area contributed by atoms with E-state index in [1.807, 2.05) is 0 Å². The maximum atomic E-state index is 11.5. The number of rotatable bonds is 2. The van der Waals surface area contributed by atoms with Gasteiger partial charge in [-0.25, -0.2) is 9.78 Å². The van der Waals surface area contributed by atoms with Crippen molar-refractivity contribution in [1.29, 1.82) is 0 Å². The Kier molecular flexibility index (Phi) is 2.86. The van der Waals surface area contributed by atoms with Gasteiger partial charge in [0.1, 0.15) is 6.04 Å². The fourth-order valence-corrected chi connectivity index (χ4v) is 1.73. The van der Waals surface area contributed by atoms with E-state index < -0.39 is 12.0 Å². The number of carboxylic acid groups (broad SMARTS) is 1. The molecule has 1 unspecified atom stereocenters. The molecule has 1 aliphatic heterocycles. The number of aliphatic carboxylic acids is 1. The van der Waals surface area contributed by atoms with E-state index in [2.05, 4.69) is 15.3 Å². The lowest BCUT2D eigenvalue weighted by molar-refractivity contribution is -0.138. The van der Waals surface area contributed by atoms with Gasteiger partial charge in [0.2, 0.25) is 0 Å². The summed E-state index contributed by atoms with van der Waals surface area (Å²) in [6, 6.07) is -0.746. The van der Waals surface area contributed by atoms with Crippen molar-refractivity contribution in [2.24, 2.45) is 0 Å². The van der Waals surface area contributed by atoms with Crippen LogP contribution in [0.25, 0.3) is 0 Å². The molecule has 1 saturated heterocycles. The topological polar surface area (TPSA) is 98.3 Å². The zero-order valence-corrected chi connectivity index (χ0v) is 8.51. The van der Waals surface area contributed by atoms with Crippen molar-refractivity contribution in [3.63, 3.8) is 0 Å². The molecule has 7 heteroatoms. The van der Waals surface area contributed by atoms with Crippen LogP contribution in [0.2, 0.25) is 0 Å². The molecular formula is C9H12N4O3. The zero-order chi connectivity index (χ0) is 11.5. The van der Waals surface area contributed by atoms with Gasteiger partial charge in [-0.15, -0.1) is 0 Å². The van der Waals surface area contributed by atoms with Gasteiger partial charge in [-0.05, 0) is 0 Å². The van der Waals surface area contributed by atoms with E-state index in [4.69, 9.17) is 5.11 Å². The molecule has 0 amide bonds. The normalized spacial score (nSPS) is 20.8. The van der Waals surface area contributed by atoms with E-state index >= 15 is 0 Å². The molecule has 1 aliphatic rings. The van der Waals surface area contributed by atoms with E-state index in [1.54, 1.807) is 0 Å². The maximum absolute atomic E-state index is 11.5. The van der Waals surface area contributed by atoms with Crippen molar-refractivity contribution in [3.05, 3.63) is 22.7 Å². The predicted molar refractivity (Wildman–Crippen MR) is 56.5 cm³/mol. The minimum atomic E-state index is -0.961. The average Bonchev–Trinajstić information content (AvgIpc) is 2.29. The van der Waals surface area contributed by atoms with Gasteiger partial charge < -0.3 is 20.3 Å². The third-order valence-electron chi connectivity index (χ3n) is 2.49. The van der Waals surface area contributed by atoms with Crippen LogP contribution in [-0.2, 0) is 4.79 Å². The Labute approximate surface area is 91.1 Å². The van der Waals surface area contributed by atoms with E-state index in [9.17, 15) is 9.59 Å². The summed E-state index contributed by atoms with van der Waals surface area (Å²) in [6.45, 7) is 1.40. The number of carbonyl (C=O) groups is 1. The van der Waals surface area contributed by atoms with Gasteiger partial charge in [0.15, 0.2) is 5.82 Å². The first kappa shape index (κ1) is 10.6. The SMILES string of the molecule is O=C(O)C1CNCCN1c1ncc[nH]c1=O. The van der Waals surface area contributed by atoms with Gasteiger partial charge in [-0.3, -0.25) is 4.79 Å². The van der Waals surface area contributed by atoms with Crippen molar-refractivity contribution in [2.75, 3.05) is 24.5 Å². The Bertz CT molecular complexity index is 444. The molecule has 1 aromatic heterocycles. The number of carboxylic acids is 1. The van der Waals surface area contributed by atoms with Gasteiger partial charge in [0, 0.05) is 32.0 Å². The summed E-state index contributed by atoms with van der Waals surface area (Å²) in [5, 5.41) is 12.0. The van der Waals surface area contributed by atoms with Gasteiger partial charge in [-0.1, -0.05) is 0 Å². The Hall–Kier alpha value is -1.89. The molecule has 0 bridgehead atoms. The van der Waals surface area contributed by atoms with Crippen molar-refractivity contribution in [1.82, 2.24) is 15.3 Å². The largest absolute Gasteiger partial charge is 0.480 e. The highest BCUT2D eigenvalue weighted by Crippen LogP contribution is 2.10. The average molecular weight is 224 g/mol. The van der Waals surface area contributed by atoms with E-state index in [1.165, 1.54) is 17.3 Å². The van der Waals surface area contributed by atoms with Crippen LogP contribution in [0.5, 0.6) is 0 Å². The summed E-state index contributed by atoms with van der Waals surface area (Å²) >= 11 is 0. The molecule has 0 spiro atoms. The van der Waals surface area contributed by atoms with E-state index in [0.717, 1.165) is 0 Å². The minimum absolute atomic E-state index is 0.163. The van der Waals surface area contributed by atoms with Crippen molar-refractivity contribution in [3.8, 4) is 0 Å². The van der Waals surface area contributed by atoms with Crippen LogP contribution in [0, 0.1) is 0 Å². The number of anilines is 1. The molecular weight excluding hydrogens is 212 g/mol. The Morgan fingerprint density at radius 1 is 1.62 bits per heavy atom. The lowest BCUT2D eigenvalue weighted by Gasteiger charge is -2.33. The number of nitrogens with zero attached hydrogens (tertiary/aromatic N) is 2. The van der Waals surface area contributed by atoms with Gasteiger partial charge >= 0.3 is 5.97 Å². The third kappa shape index (κ3) is 1.89. The summed E-state index contributed by atoms with van der Waals surface area (Å²) < 4.78 is 0. The molecule has 0 radical (unpaired) electrons. The zero-order valence-electron chi connectivity index (χ0n) is 8.51. The number of piperazine rings is 1. The molecule has 1 atom stereocenters. The van der Waals surface area contributed by atoms with Crippen molar-refractivity contribution < 1.29 is 9.90 Å². The second-order valence-electron chi connectivity index (χ2n) is 3.49. The van der Waals surface area contributed by atoms with Crippen LogP contribution in [-0.4, -0.2) is 46.7 Å².